The van der Waals surface area contributed by atoms with E-state index >= 15 is 0 Å². The molecule has 0 fully saturated rings. The maximum Gasteiger partial charge on any atom is 0.251 e. The molecular weight excluding hydrogens is 260 g/mol. The van der Waals surface area contributed by atoms with Crippen molar-refractivity contribution in [1.29, 1.82) is 0 Å². The normalized spacial score (nSPS) is 10.9. The van der Waals surface area contributed by atoms with E-state index in [1.54, 1.807) is 18.0 Å². The van der Waals surface area contributed by atoms with Gasteiger partial charge >= 0.3 is 0 Å². The number of likely N-dealkylation sites (N-methyl/N-ethyl adjacent to an activating group) is 1. The van der Waals surface area contributed by atoms with Gasteiger partial charge in [-0.05, 0) is 50.1 Å². The highest BCUT2D eigenvalue weighted by Gasteiger charge is 2.08. The van der Waals surface area contributed by atoms with Gasteiger partial charge in [-0.15, -0.1) is 0 Å². The zero-order valence-corrected chi connectivity index (χ0v) is 12.9. The van der Waals surface area contributed by atoms with Gasteiger partial charge in [0.2, 0.25) is 0 Å². The van der Waals surface area contributed by atoms with Crippen molar-refractivity contribution in [3.63, 3.8) is 0 Å². The molecule has 3 nitrogen and oxygen atoms in total. The standard InChI is InChI=1S/C18H20N2O/c1-13-8-9-16(14(2)12-13)10-11-18(21)20(4)17-7-5-6-15(3)19-17/h5-12H,1-4H3/b11-10+. The summed E-state index contributed by atoms with van der Waals surface area (Å²) in [6.45, 7) is 6.01. The number of nitrogens with zero attached hydrogens (tertiary/aromatic N) is 2. The van der Waals surface area contributed by atoms with Crippen molar-refractivity contribution in [2.45, 2.75) is 20.8 Å². The largest absolute Gasteiger partial charge is 0.296 e. The van der Waals surface area contributed by atoms with E-state index in [4.69, 9.17) is 0 Å². The van der Waals surface area contributed by atoms with Crippen molar-refractivity contribution in [3.05, 3.63) is 64.9 Å². The smallest absolute Gasteiger partial charge is 0.251 e. The first-order chi connectivity index (χ1) is 9.97. The molecule has 0 aliphatic carbocycles. The van der Waals surface area contributed by atoms with Crippen molar-refractivity contribution in [2.24, 2.45) is 0 Å². The van der Waals surface area contributed by atoms with E-state index in [-0.39, 0.29) is 5.91 Å². The maximum absolute atomic E-state index is 12.2. The second kappa shape index (κ2) is 6.35. The molecule has 2 rings (SSSR count). The lowest BCUT2D eigenvalue weighted by molar-refractivity contribution is -0.113. The van der Waals surface area contributed by atoms with Gasteiger partial charge in [0.15, 0.2) is 0 Å². The first-order valence-corrected chi connectivity index (χ1v) is 6.94. The lowest BCUT2D eigenvalue weighted by Crippen LogP contribution is -2.25. The summed E-state index contributed by atoms with van der Waals surface area (Å²) in [4.78, 5) is 18.1. The number of aryl methyl sites for hydroxylation is 3. The van der Waals surface area contributed by atoms with Gasteiger partial charge in [0.05, 0.1) is 0 Å². The predicted octanol–water partition coefficient (Wildman–Crippen LogP) is 3.68. The van der Waals surface area contributed by atoms with E-state index in [1.807, 2.05) is 50.3 Å². The summed E-state index contributed by atoms with van der Waals surface area (Å²) in [5.41, 5.74) is 4.33. The van der Waals surface area contributed by atoms with E-state index in [0.717, 1.165) is 16.8 Å². The first-order valence-electron chi connectivity index (χ1n) is 6.94. The molecule has 3 heteroatoms. The van der Waals surface area contributed by atoms with Crippen LogP contribution in [0.2, 0.25) is 0 Å². The lowest BCUT2D eigenvalue weighted by atomic mass is 10.1. The van der Waals surface area contributed by atoms with E-state index in [0.29, 0.717) is 5.82 Å². The molecule has 21 heavy (non-hydrogen) atoms. The SMILES string of the molecule is Cc1ccc(/C=C/C(=O)N(C)c2cccc(C)n2)c(C)c1. The molecule has 0 saturated carbocycles. The van der Waals surface area contributed by atoms with Crippen LogP contribution in [0.3, 0.4) is 0 Å². The van der Waals surface area contributed by atoms with Gasteiger partial charge in [0.25, 0.3) is 5.91 Å². The zero-order chi connectivity index (χ0) is 15.4. The quantitative estimate of drug-likeness (QED) is 0.803. The Morgan fingerprint density at radius 3 is 2.57 bits per heavy atom. The zero-order valence-electron chi connectivity index (χ0n) is 12.9. The number of anilines is 1. The highest BCUT2D eigenvalue weighted by atomic mass is 16.2. The van der Waals surface area contributed by atoms with Gasteiger partial charge in [0, 0.05) is 18.8 Å². The number of carbonyl (C=O) groups excluding carboxylic acids is 1. The minimum Gasteiger partial charge on any atom is -0.296 e. The van der Waals surface area contributed by atoms with Crippen LogP contribution in [-0.4, -0.2) is 17.9 Å². The van der Waals surface area contributed by atoms with Gasteiger partial charge in [-0.25, -0.2) is 4.98 Å². The molecule has 0 bridgehead atoms. The second-order valence-corrected chi connectivity index (χ2v) is 5.23. The molecule has 1 aromatic carbocycles. The lowest BCUT2D eigenvalue weighted by Gasteiger charge is -2.14. The molecule has 0 aliphatic heterocycles. The summed E-state index contributed by atoms with van der Waals surface area (Å²) in [6.07, 6.45) is 3.44. The summed E-state index contributed by atoms with van der Waals surface area (Å²) in [7, 11) is 1.73. The van der Waals surface area contributed by atoms with Gasteiger partial charge in [0.1, 0.15) is 5.82 Å². The molecule has 0 unspecified atom stereocenters. The third-order valence-electron chi connectivity index (χ3n) is 3.38. The summed E-state index contributed by atoms with van der Waals surface area (Å²) in [6, 6.07) is 11.8. The molecule has 0 N–H and O–H groups in total. The minimum absolute atomic E-state index is 0.0897. The number of amides is 1. The number of hydrogen-bond acceptors (Lipinski definition) is 2. The Morgan fingerprint density at radius 1 is 1.14 bits per heavy atom. The molecule has 1 heterocycles. The van der Waals surface area contributed by atoms with Crippen LogP contribution in [0.4, 0.5) is 5.82 Å². The van der Waals surface area contributed by atoms with Crippen molar-refractivity contribution in [1.82, 2.24) is 4.98 Å². The number of carbonyl (C=O) groups is 1. The first kappa shape index (κ1) is 15.0. The number of pyridine rings is 1. The molecule has 1 aromatic heterocycles. The van der Waals surface area contributed by atoms with Crippen molar-refractivity contribution in [2.75, 3.05) is 11.9 Å². The van der Waals surface area contributed by atoms with Crippen molar-refractivity contribution in [3.8, 4) is 0 Å². The molecular formula is C18H20N2O. The van der Waals surface area contributed by atoms with Crippen molar-refractivity contribution >= 4 is 17.8 Å². The predicted molar refractivity (Wildman–Crippen MR) is 87.3 cm³/mol. The van der Waals surface area contributed by atoms with Crippen LogP contribution in [0.25, 0.3) is 6.08 Å². The topological polar surface area (TPSA) is 33.2 Å². The Balaban J connectivity index is 2.15. The number of hydrogen-bond donors (Lipinski definition) is 0. The van der Waals surface area contributed by atoms with E-state index in [2.05, 4.69) is 18.0 Å². The summed E-state index contributed by atoms with van der Waals surface area (Å²) < 4.78 is 0. The van der Waals surface area contributed by atoms with Crippen molar-refractivity contribution < 1.29 is 4.79 Å². The third-order valence-corrected chi connectivity index (χ3v) is 3.38. The van der Waals surface area contributed by atoms with Crippen LogP contribution >= 0.6 is 0 Å². The fourth-order valence-electron chi connectivity index (χ4n) is 2.11. The van der Waals surface area contributed by atoms with Gasteiger partial charge in [-0.1, -0.05) is 29.8 Å². The van der Waals surface area contributed by atoms with E-state index in [9.17, 15) is 4.79 Å². The monoisotopic (exact) mass is 280 g/mol. The fraction of sp³-hybridized carbons (Fsp3) is 0.222. The molecule has 108 valence electrons. The van der Waals surface area contributed by atoms with Gasteiger partial charge in [-0.3, -0.25) is 9.69 Å². The third kappa shape index (κ3) is 3.78. The maximum atomic E-state index is 12.2. The Kier molecular flexibility index (Phi) is 4.53. The molecule has 1 amide bonds. The molecule has 0 radical (unpaired) electrons. The van der Waals surface area contributed by atoms with Crippen LogP contribution in [0, 0.1) is 20.8 Å². The van der Waals surface area contributed by atoms with Gasteiger partial charge < -0.3 is 0 Å². The molecule has 0 saturated heterocycles. The average molecular weight is 280 g/mol. The summed E-state index contributed by atoms with van der Waals surface area (Å²) >= 11 is 0. The second-order valence-electron chi connectivity index (χ2n) is 5.23. The highest BCUT2D eigenvalue weighted by Crippen LogP contribution is 2.14. The fourth-order valence-corrected chi connectivity index (χ4v) is 2.11. The van der Waals surface area contributed by atoms with Crippen LogP contribution in [0.15, 0.2) is 42.5 Å². The van der Waals surface area contributed by atoms with Crippen LogP contribution in [0.1, 0.15) is 22.4 Å². The Labute approximate surface area is 125 Å². The Hall–Kier alpha value is -2.42. The Morgan fingerprint density at radius 2 is 1.90 bits per heavy atom. The van der Waals surface area contributed by atoms with Crippen LogP contribution < -0.4 is 4.90 Å². The van der Waals surface area contributed by atoms with Crippen LogP contribution in [-0.2, 0) is 4.79 Å². The number of rotatable bonds is 3. The average Bonchev–Trinajstić information content (AvgIpc) is 2.45. The number of aromatic nitrogens is 1. The Bertz CT molecular complexity index is 689. The molecule has 2 aromatic rings. The van der Waals surface area contributed by atoms with E-state index in [1.165, 1.54) is 5.56 Å². The molecule has 0 aliphatic rings. The van der Waals surface area contributed by atoms with E-state index < -0.39 is 0 Å². The van der Waals surface area contributed by atoms with Gasteiger partial charge in [-0.2, -0.15) is 0 Å². The highest BCUT2D eigenvalue weighted by molar-refractivity contribution is 6.02. The van der Waals surface area contributed by atoms with Crippen LogP contribution in [0.5, 0.6) is 0 Å². The summed E-state index contributed by atoms with van der Waals surface area (Å²) in [5.74, 6) is 0.568. The molecule has 0 spiro atoms. The minimum atomic E-state index is -0.0897. The summed E-state index contributed by atoms with van der Waals surface area (Å²) in [5, 5.41) is 0. The molecule has 0 atom stereocenters. The number of benzene rings is 1.